The van der Waals surface area contributed by atoms with Crippen molar-refractivity contribution >= 4 is 23.0 Å². The van der Waals surface area contributed by atoms with Crippen LogP contribution in [0.3, 0.4) is 0 Å². The van der Waals surface area contributed by atoms with Crippen LogP contribution >= 0.6 is 12.2 Å². The first-order chi connectivity index (χ1) is 17.3. The molecule has 0 aliphatic carbocycles. The summed E-state index contributed by atoms with van der Waals surface area (Å²) < 4.78 is 7.79. The van der Waals surface area contributed by atoms with Crippen LogP contribution in [0.4, 0.5) is 5.69 Å². The smallest absolute Gasteiger partial charge is 0.174 e. The highest BCUT2D eigenvalue weighted by Crippen LogP contribution is 2.44. The maximum Gasteiger partial charge on any atom is 0.174 e. The highest BCUT2D eigenvalue weighted by molar-refractivity contribution is 7.80. The second-order valence-corrected chi connectivity index (χ2v) is 9.99. The monoisotopic (exact) mass is 496 g/mol. The normalized spacial score (nSPS) is 17.4. The zero-order valence-corrected chi connectivity index (χ0v) is 22.5. The van der Waals surface area contributed by atoms with E-state index in [4.69, 9.17) is 21.9 Å². The fraction of sp³-hybridized carbons (Fsp3) is 0.267. The lowest BCUT2D eigenvalue weighted by molar-refractivity contribution is 0.415. The molecule has 3 heterocycles. The number of aromatic nitrogens is 2. The molecule has 1 fully saturated rings. The molecule has 2 aromatic heterocycles. The van der Waals surface area contributed by atoms with Gasteiger partial charge in [-0.2, -0.15) is 0 Å². The zero-order valence-electron chi connectivity index (χ0n) is 21.7. The molecule has 1 aliphatic rings. The molecule has 6 heteroatoms. The first kappa shape index (κ1) is 24.1. The predicted molar refractivity (Wildman–Crippen MR) is 150 cm³/mol. The van der Waals surface area contributed by atoms with Crippen molar-refractivity contribution in [1.29, 1.82) is 0 Å². The van der Waals surface area contributed by atoms with E-state index in [0.717, 1.165) is 17.1 Å². The van der Waals surface area contributed by atoms with Crippen molar-refractivity contribution in [3.63, 3.8) is 0 Å². The Bertz CT molecular complexity index is 1400. The number of aryl methyl sites for hydroxylation is 4. The van der Waals surface area contributed by atoms with E-state index in [1.54, 1.807) is 7.11 Å². The van der Waals surface area contributed by atoms with Crippen LogP contribution in [0.15, 0.2) is 66.9 Å². The molecule has 0 amide bonds. The largest absolute Gasteiger partial charge is 0.497 e. The molecule has 1 saturated heterocycles. The van der Waals surface area contributed by atoms with Crippen LogP contribution in [0.25, 0.3) is 5.69 Å². The van der Waals surface area contributed by atoms with Gasteiger partial charge in [0.15, 0.2) is 5.11 Å². The number of hydrogen-bond acceptors (Lipinski definition) is 3. The van der Waals surface area contributed by atoms with Gasteiger partial charge in [-0.15, -0.1) is 0 Å². The average molecular weight is 497 g/mol. The molecule has 36 heavy (non-hydrogen) atoms. The van der Waals surface area contributed by atoms with Crippen molar-refractivity contribution in [2.45, 2.75) is 46.7 Å². The Labute approximate surface area is 218 Å². The number of hydrogen-bond donors (Lipinski definition) is 1. The fourth-order valence-electron chi connectivity index (χ4n) is 5.65. The van der Waals surface area contributed by atoms with Gasteiger partial charge in [0.05, 0.1) is 30.6 Å². The highest BCUT2D eigenvalue weighted by atomic mass is 32.1. The maximum absolute atomic E-state index is 5.92. The number of rotatable bonds is 5. The zero-order chi connectivity index (χ0) is 25.6. The molecule has 2 aromatic carbocycles. The Morgan fingerprint density at radius 2 is 1.61 bits per heavy atom. The molecule has 5 rings (SSSR count). The molecule has 1 N–H and O–H groups in total. The molecule has 0 bridgehead atoms. The van der Waals surface area contributed by atoms with E-state index < -0.39 is 0 Å². The summed E-state index contributed by atoms with van der Waals surface area (Å²) in [7, 11) is 1.68. The number of ether oxygens (including phenoxy) is 1. The van der Waals surface area contributed by atoms with E-state index in [1.807, 2.05) is 30.5 Å². The third-order valence-corrected chi connectivity index (χ3v) is 7.41. The number of pyridine rings is 1. The van der Waals surface area contributed by atoms with Gasteiger partial charge in [-0.3, -0.25) is 4.98 Å². The quantitative estimate of drug-likeness (QED) is 0.315. The number of anilines is 1. The number of thiocarbonyl (C=S) groups is 1. The van der Waals surface area contributed by atoms with Gasteiger partial charge < -0.3 is 19.5 Å². The summed E-state index contributed by atoms with van der Waals surface area (Å²) in [5.74, 6) is 0.818. The van der Waals surface area contributed by atoms with Crippen molar-refractivity contribution < 1.29 is 4.74 Å². The number of nitrogens with zero attached hydrogens (tertiary/aromatic N) is 3. The highest BCUT2D eigenvalue weighted by Gasteiger charge is 2.42. The van der Waals surface area contributed by atoms with Crippen LogP contribution in [0.1, 0.15) is 51.4 Å². The predicted octanol–water partition coefficient (Wildman–Crippen LogP) is 6.60. The summed E-state index contributed by atoms with van der Waals surface area (Å²) in [6.45, 7) is 10.9. The fourth-order valence-corrected chi connectivity index (χ4v) is 5.99. The summed E-state index contributed by atoms with van der Waals surface area (Å²) in [5, 5.41) is 4.26. The summed E-state index contributed by atoms with van der Waals surface area (Å²) >= 11 is 5.92. The van der Waals surface area contributed by atoms with Crippen LogP contribution in [0.2, 0.25) is 0 Å². The molecule has 0 spiro atoms. The van der Waals surface area contributed by atoms with Gasteiger partial charge >= 0.3 is 0 Å². The lowest BCUT2D eigenvalue weighted by Crippen LogP contribution is -2.29. The van der Waals surface area contributed by atoms with E-state index >= 15 is 0 Å². The van der Waals surface area contributed by atoms with Crippen LogP contribution in [-0.4, -0.2) is 21.8 Å². The number of methoxy groups -OCH3 is 1. The average Bonchev–Trinajstić information content (AvgIpc) is 3.35. The van der Waals surface area contributed by atoms with E-state index in [0.29, 0.717) is 5.11 Å². The molecule has 0 unspecified atom stereocenters. The number of nitrogens with one attached hydrogen (secondary N) is 1. The van der Waals surface area contributed by atoms with Crippen LogP contribution < -0.4 is 15.0 Å². The van der Waals surface area contributed by atoms with Crippen molar-refractivity contribution in [2.24, 2.45) is 0 Å². The lowest BCUT2D eigenvalue weighted by Gasteiger charge is -2.28. The standard InChI is InChI=1S/C30H32N4OS/c1-18-15-19(2)28(20(3)16-18)33-21(4)17-25(22(33)5)29-27(26-9-7-8-14-31-26)32-30(36)34(29)23-10-12-24(35-6)13-11-23/h7-17,27,29H,1-6H3,(H,32,36)/t27-,29+/m0/s1. The van der Waals surface area contributed by atoms with Gasteiger partial charge in [-0.25, -0.2) is 0 Å². The molecule has 184 valence electrons. The minimum absolute atomic E-state index is 0.0631. The summed E-state index contributed by atoms with van der Waals surface area (Å²) in [6, 6.07) is 20.8. The molecule has 0 radical (unpaired) electrons. The minimum atomic E-state index is -0.0880. The summed E-state index contributed by atoms with van der Waals surface area (Å²) in [6.07, 6.45) is 1.84. The lowest BCUT2D eigenvalue weighted by atomic mass is 9.96. The van der Waals surface area contributed by atoms with Crippen LogP contribution in [-0.2, 0) is 0 Å². The van der Waals surface area contributed by atoms with E-state index in [2.05, 4.69) is 85.8 Å². The van der Waals surface area contributed by atoms with Crippen molar-refractivity contribution in [3.05, 3.63) is 106 Å². The number of benzene rings is 2. The second-order valence-electron chi connectivity index (χ2n) is 9.60. The molecular formula is C30H32N4OS. The molecule has 4 aromatic rings. The van der Waals surface area contributed by atoms with Crippen LogP contribution in [0, 0.1) is 34.6 Å². The Morgan fingerprint density at radius 3 is 2.22 bits per heavy atom. The third-order valence-electron chi connectivity index (χ3n) is 7.10. The van der Waals surface area contributed by atoms with Crippen LogP contribution in [0.5, 0.6) is 5.75 Å². The molecular weight excluding hydrogens is 464 g/mol. The SMILES string of the molecule is COc1ccc(N2C(=S)N[C@@H](c3ccccn3)[C@H]2c2cc(C)n(-c3c(C)cc(C)cc3C)c2C)cc1. The Kier molecular flexibility index (Phi) is 6.31. The Morgan fingerprint density at radius 1 is 0.917 bits per heavy atom. The van der Waals surface area contributed by atoms with Crippen molar-refractivity contribution in [2.75, 3.05) is 12.0 Å². The minimum Gasteiger partial charge on any atom is -0.497 e. The van der Waals surface area contributed by atoms with E-state index in [9.17, 15) is 0 Å². The van der Waals surface area contributed by atoms with E-state index in [1.165, 1.54) is 39.3 Å². The van der Waals surface area contributed by atoms with Crippen molar-refractivity contribution in [3.8, 4) is 11.4 Å². The molecule has 0 saturated carbocycles. The summed E-state index contributed by atoms with van der Waals surface area (Å²) in [5.41, 5.74) is 10.7. The molecule has 5 nitrogen and oxygen atoms in total. The van der Waals surface area contributed by atoms with E-state index in [-0.39, 0.29) is 12.1 Å². The third kappa shape index (κ3) is 4.05. The van der Waals surface area contributed by atoms with Gasteiger partial charge in [0.25, 0.3) is 0 Å². The van der Waals surface area contributed by atoms with Gasteiger partial charge in [-0.05, 0) is 106 Å². The van der Waals surface area contributed by atoms with Gasteiger partial charge in [-0.1, -0.05) is 23.8 Å². The van der Waals surface area contributed by atoms with Gasteiger partial charge in [0.2, 0.25) is 0 Å². The second kappa shape index (κ2) is 9.43. The first-order valence-electron chi connectivity index (χ1n) is 12.2. The topological polar surface area (TPSA) is 42.3 Å². The Hall–Kier alpha value is -3.64. The van der Waals surface area contributed by atoms with Gasteiger partial charge in [0, 0.05) is 23.3 Å². The maximum atomic E-state index is 5.92. The summed E-state index contributed by atoms with van der Waals surface area (Å²) in [4.78, 5) is 6.92. The molecule has 1 aliphatic heterocycles. The Balaban J connectivity index is 1.69. The van der Waals surface area contributed by atoms with Gasteiger partial charge in [0.1, 0.15) is 5.75 Å². The van der Waals surface area contributed by atoms with Crippen molar-refractivity contribution in [1.82, 2.24) is 14.9 Å². The molecule has 2 atom stereocenters. The first-order valence-corrected chi connectivity index (χ1v) is 12.6.